The van der Waals surface area contributed by atoms with Crippen LogP contribution in [0.3, 0.4) is 0 Å². The first-order valence-electron chi connectivity index (χ1n) is 10.1. The fraction of sp³-hybridized carbons (Fsp3) is 0.160. The summed E-state index contributed by atoms with van der Waals surface area (Å²) in [6.45, 7) is 2.66. The number of amides is 1. The molecule has 0 aliphatic carbocycles. The molecule has 0 unspecified atom stereocenters. The predicted octanol–water partition coefficient (Wildman–Crippen LogP) is 4.47. The number of hydrogen-bond acceptors (Lipinski definition) is 6. The van der Waals surface area contributed by atoms with Gasteiger partial charge in [0.1, 0.15) is 17.2 Å². The van der Waals surface area contributed by atoms with Crippen LogP contribution < -0.4 is 19.6 Å². The maximum Gasteiger partial charge on any atom is 0.343 e. The van der Waals surface area contributed by atoms with Crippen molar-refractivity contribution in [3.05, 3.63) is 89.5 Å². The van der Waals surface area contributed by atoms with Crippen LogP contribution in [0.5, 0.6) is 17.2 Å². The van der Waals surface area contributed by atoms with Crippen molar-refractivity contribution in [2.75, 3.05) is 13.7 Å². The third kappa shape index (κ3) is 6.43. The molecule has 1 N–H and O–H groups in total. The minimum Gasteiger partial charge on any atom is -0.497 e. The molecule has 0 saturated carbocycles. The number of benzene rings is 3. The van der Waals surface area contributed by atoms with E-state index in [1.807, 2.05) is 6.92 Å². The molecule has 1 amide bonds. The lowest BCUT2D eigenvalue weighted by molar-refractivity contribution is 0.0734. The number of carbonyl (C=O) groups excluding carboxylic acids is 2. The molecule has 0 fully saturated rings. The molecule has 0 heterocycles. The Hall–Kier alpha value is -4.13. The number of ether oxygens (including phenoxy) is 3. The first-order chi connectivity index (χ1) is 15.6. The fourth-order valence-electron chi connectivity index (χ4n) is 2.69. The van der Waals surface area contributed by atoms with Gasteiger partial charge in [-0.2, -0.15) is 5.10 Å². The summed E-state index contributed by atoms with van der Waals surface area (Å²) in [4.78, 5) is 24.4. The van der Waals surface area contributed by atoms with Gasteiger partial charge in [0.2, 0.25) is 0 Å². The van der Waals surface area contributed by atoms with Gasteiger partial charge in [-0.25, -0.2) is 10.2 Å². The maximum atomic E-state index is 12.3. The van der Waals surface area contributed by atoms with Crippen molar-refractivity contribution in [2.24, 2.45) is 5.10 Å². The van der Waals surface area contributed by atoms with E-state index < -0.39 is 5.97 Å². The maximum absolute atomic E-state index is 12.3. The Kier molecular flexibility index (Phi) is 7.97. The zero-order valence-electron chi connectivity index (χ0n) is 17.9. The molecular weight excluding hydrogens is 408 g/mol. The SMILES string of the molecule is CCCOc1ccc(C(=O)Oc2ccc(/C=N\NC(=O)c3cccc(OC)c3)cc2)cc1. The molecule has 0 atom stereocenters. The number of carbonyl (C=O) groups is 2. The highest BCUT2D eigenvalue weighted by atomic mass is 16.5. The largest absolute Gasteiger partial charge is 0.497 e. The smallest absolute Gasteiger partial charge is 0.343 e. The minimum absolute atomic E-state index is 0.350. The second-order valence-electron chi connectivity index (χ2n) is 6.76. The van der Waals surface area contributed by atoms with E-state index in [9.17, 15) is 9.59 Å². The number of nitrogens with zero attached hydrogens (tertiary/aromatic N) is 1. The molecule has 0 aliphatic rings. The van der Waals surface area contributed by atoms with Crippen LogP contribution in [0.25, 0.3) is 0 Å². The Balaban J connectivity index is 1.53. The molecule has 0 bridgehead atoms. The Labute approximate surface area is 186 Å². The van der Waals surface area contributed by atoms with Crippen LogP contribution in [0.2, 0.25) is 0 Å². The highest BCUT2D eigenvalue weighted by molar-refractivity contribution is 5.95. The van der Waals surface area contributed by atoms with E-state index in [1.54, 1.807) is 72.8 Å². The number of nitrogens with one attached hydrogen (secondary N) is 1. The Morgan fingerprint density at radius 2 is 1.62 bits per heavy atom. The summed E-state index contributed by atoms with van der Waals surface area (Å²) in [5.41, 5.74) is 4.06. The van der Waals surface area contributed by atoms with Crippen LogP contribution in [0.15, 0.2) is 77.9 Å². The molecular formula is C25H24N2O5. The number of rotatable bonds is 9. The Bertz CT molecular complexity index is 1080. The molecule has 7 nitrogen and oxygen atoms in total. The molecule has 3 aromatic carbocycles. The van der Waals surface area contributed by atoms with E-state index in [1.165, 1.54) is 13.3 Å². The van der Waals surface area contributed by atoms with Crippen molar-refractivity contribution in [3.8, 4) is 17.2 Å². The van der Waals surface area contributed by atoms with Gasteiger partial charge in [-0.1, -0.05) is 13.0 Å². The average Bonchev–Trinajstić information content (AvgIpc) is 2.84. The van der Waals surface area contributed by atoms with Gasteiger partial charge >= 0.3 is 5.97 Å². The number of esters is 1. The van der Waals surface area contributed by atoms with Gasteiger partial charge in [-0.05, 0) is 78.7 Å². The molecule has 32 heavy (non-hydrogen) atoms. The lowest BCUT2D eigenvalue weighted by Gasteiger charge is -2.07. The Morgan fingerprint density at radius 3 is 2.31 bits per heavy atom. The van der Waals surface area contributed by atoms with E-state index in [4.69, 9.17) is 14.2 Å². The van der Waals surface area contributed by atoms with E-state index in [-0.39, 0.29) is 5.91 Å². The van der Waals surface area contributed by atoms with Gasteiger partial charge in [0, 0.05) is 5.56 Å². The quantitative estimate of drug-likeness (QED) is 0.233. The van der Waals surface area contributed by atoms with Gasteiger partial charge in [0.25, 0.3) is 5.91 Å². The standard InChI is InChI=1S/C25H24N2O5/c1-3-15-31-21-13-9-19(10-14-21)25(29)32-22-11-7-18(8-12-22)17-26-27-24(28)20-5-4-6-23(16-20)30-2/h4-14,16-17H,3,15H2,1-2H3,(H,27,28)/b26-17-. The van der Waals surface area contributed by atoms with E-state index in [2.05, 4.69) is 10.5 Å². The molecule has 0 saturated heterocycles. The van der Waals surface area contributed by atoms with Gasteiger partial charge < -0.3 is 14.2 Å². The van der Waals surface area contributed by atoms with Gasteiger partial charge in [-0.15, -0.1) is 0 Å². The molecule has 7 heteroatoms. The lowest BCUT2D eigenvalue weighted by Crippen LogP contribution is -2.17. The van der Waals surface area contributed by atoms with Crippen molar-refractivity contribution in [3.63, 3.8) is 0 Å². The normalized spacial score (nSPS) is 10.6. The summed E-state index contributed by atoms with van der Waals surface area (Å²) in [7, 11) is 1.54. The van der Waals surface area contributed by atoms with Crippen LogP contribution in [0.1, 0.15) is 39.6 Å². The highest BCUT2D eigenvalue weighted by Gasteiger charge is 2.09. The molecule has 164 valence electrons. The van der Waals surface area contributed by atoms with Crippen LogP contribution >= 0.6 is 0 Å². The number of hydrogen-bond donors (Lipinski definition) is 1. The molecule has 0 aliphatic heterocycles. The molecule has 3 rings (SSSR count). The van der Waals surface area contributed by atoms with E-state index in [0.717, 1.165) is 12.0 Å². The minimum atomic E-state index is -0.459. The van der Waals surface area contributed by atoms with E-state index in [0.29, 0.717) is 35.0 Å². The lowest BCUT2D eigenvalue weighted by atomic mass is 10.2. The summed E-state index contributed by atoms with van der Waals surface area (Å²) < 4.78 is 16.0. The fourth-order valence-corrected chi connectivity index (χ4v) is 2.69. The third-order valence-corrected chi connectivity index (χ3v) is 4.37. The van der Waals surface area contributed by atoms with Crippen molar-refractivity contribution < 1.29 is 23.8 Å². The van der Waals surface area contributed by atoms with Crippen LogP contribution in [-0.4, -0.2) is 31.8 Å². The van der Waals surface area contributed by atoms with Crippen molar-refractivity contribution >= 4 is 18.1 Å². The Morgan fingerprint density at radius 1 is 0.906 bits per heavy atom. The molecule has 0 spiro atoms. The zero-order chi connectivity index (χ0) is 22.8. The second-order valence-corrected chi connectivity index (χ2v) is 6.76. The van der Waals surface area contributed by atoms with Crippen LogP contribution in [0.4, 0.5) is 0 Å². The molecule has 0 radical (unpaired) electrons. The van der Waals surface area contributed by atoms with Gasteiger partial charge in [0.05, 0.1) is 25.5 Å². The van der Waals surface area contributed by atoms with Crippen molar-refractivity contribution in [1.82, 2.24) is 5.43 Å². The summed E-state index contributed by atoms with van der Waals surface area (Å²) in [6, 6.07) is 20.4. The first kappa shape index (κ1) is 22.6. The monoisotopic (exact) mass is 432 g/mol. The predicted molar refractivity (Wildman–Crippen MR) is 122 cm³/mol. The van der Waals surface area contributed by atoms with Gasteiger partial charge in [0.15, 0.2) is 0 Å². The summed E-state index contributed by atoms with van der Waals surface area (Å²) in [5.74, 6) is 0.896. The van der Waals surface area contributed by atoms with Crippen LogP contribution in [0, 0.1) is 0 Å². The molecule has 0 aromatic heterocycles. The highest BCUT2D eigenvalue weighted by Crippen LogP contribution is 2.17. The van der Waals surface area contributed by atoms with Crippen LogP contribution in [-0.2, 0) is 0 Å². The molecule has 3 aromatic rings. The third-order valence-electron chi connectivity index (χ3n) is 4.37. The van der Waals surface area contributed by atoms with Crippen molar-refractivity contribution in [1.29, 1.82) is 0 Å². The number of methoxy groups -OCH3 is 1. The summed E-state index contributed by atoms with van der Waals surface area (Å²) >= 11 is 0. The first-order valence-corrected chi connectivity index (χ1v) is 10.1. The number of hydrazone groups is 1. The van der Waals surface area contributed by atoms with E-state index >= 15 is 0 Å². The van der Waals surface area contributed by atoms with Gasteiger partial charge in [-0.3, -0.25) is 4.79 Å². The summed E-state index contributed by atoms with van der Waals surface area (Å²) in [5, 5.41) is 3.96. The topological polar surface area (TPSA) is 86.2 Å². The average molecular weight is 432 g/mol. The zero-order valence-corrected chi connectivity index (χ0v) is 17.9. The van der Waals surface area contributed by atoms with Crippen molar-refractivity contribution in [2.45, 2.75) is 13.3 Å². The summed E-state index contributed by atoms with van der Waals surface area (Å²) in [6.07, 6.45) is 2.41. The second kappa shape index (κ2) is 11.3.